The first kappa shape index (κ1) is 9.36. The summed E-state index contributed by atoms with van der Waals surface area (Å²) in [7, 11) is 0. The van der Waals surface area contributed by atoms with Crippen LogP contribution < -0.4 is 16.4 Å². The van der Waals surface area contributed by atoms with Crippen molar-refractivity contribution in [1.82, 2.24) is 21.4 Å². The van der Waals surface area contributed by atoms with E-state index in [4.69, 9.17) is 11.6 Å². The van der Waals surface area contributed by atoms with Gasteiger partial charge in [0.2, 0.25) is 0 Å². The molecule has 2 rings (SSSR count). The van der Waals surface area contributed by atoms with Crippen LogP contribution in [-0.2, 0) is 6.42 Å². The third-order valence-corrected chi connectivity index (χ3v) is 3.09. The Bertz CT molecular complexity index is 271. The largest absolute Gasteiger partial charge is 0.244 e. The first-order valence-corrected chi connectivity index (χ1v) is 5.37. The molecule has 1 saturated heterocycles. The van der Waals surface area contributed by atoms with E-state index in [0.29, 0.717) is 10.5 Å². The van der Waals surface area contributed by atoms with Crippen molar-refractivity contribution < 1.29 is 0 Å². The Morgan fingerprint density at radius 3 is 3.23 bits per heavy atom. The molecule has 1 fully saturated rings. The van der Waals surface area contributed by atoms with E-state index in [1.165, 1.54) is 4.88 Å². The van der Waals surface area contributed by atoms with Crippen molar-refractivity contribution in [3.63, 3.8) is 0 Å². The standard InChI is InChI=1S/C7H11ClN4S/c8-7-9-4-6(13-7)3-5-1-2-10-12-11-5/h4-5,10-12H,1-3H2. The highest BCUT2D eigenvalue weighted by molar-refractivity contribution is 7.15. The molecule has 0 spiro atoms. The van der Waals surface area contributed by atoms with Gasteiger partial charge in [0.25, 0.3) is 0 Å². The molecule has 0 radical (unpaired) electrons. The van der Waals surface area contributed by atoms with Gasteiger partial charge in [0.05, 0.1) is 0 Å². The average Bonchev–Trinajstić information content (AvgIpc) is 2.53. The number of rotatable bonds is 2. The minimum absolute atomic E-state index is 0.470. The van der Waals surface area contributed by atoms with Crippen LogP contribution in [-0.4, -0.2) is 17.6 Å². The second-order valence-electron chi connectivity index (χ2n) is 2.97. The van der Waals surface area contributed by atoms with Gasteiger partial charge < -0.3 is 0 Å². The third-order valence-electron chi connectivity index (χ3n) is 1.96. The Kier molecular flexibility index (Phi) is 3.13. The molecule has 0 aromatic carbocycles. The smallest absolute Gasteiger partial charge is 0.183 e. The van der Waals surface area contributed by atoms with Crippen LogP contribution in [0.2, 0.25) is 4.47 Å². The SMILES string of the molecule is Clc1ncc(CC2CCNNN2)s1. The van der Waals surface area contributed by atoms with Crippen LogP contribution >= 0.6 is 22.9 Å². The van der Waals surface area contributed by atoms with Crippen molar-refractivity contribution >= 4 is 22.9 Å². The van der Waals surface area contributed by atoms with Crippen LogP contribution in [0.3, 0.4) is 0 Å². The van der Waals surface area contributed by atoms with Crippen molar-refractivity contribution in [2.24, 2.45) is 0 Å². The highest BCUT2D eigenvalue weighted by atomic mass is 35.5. The molecule has 1 aromatic heterocycles. The minimum Gasteiger partial charge on any atom is -0.244 e. The lowest BCUT2D eigenvalue weighted by Gasteiger charge is -2.24. The highest BCUT2D eigenvalue weighted by Gasteiger charge is 2.13. The summed E-state index contributed by atoms with van der Waals surface area (Å²) in [6, 6.07) is 0.470. The molecule has 1 atom stereocenters. The van der Waals surface area contributed by atoms with E-state index >= 15 is 0 Å². The Hall–Kier alpha value is -0.200. The molecule has 0 amide bonds. The van der Waals surface area contributed by atoms with Crippen molar-refractivity contribution in [2.75, 3.05) is 6.54 Å². The van der Waals surface area contributed by atoms with Gasteiger partial charge in [0.1, 0.15) is 0 Å². The van der Waals surface area contributed by atoms with E-state index in [2.05, 4.69) is 21.4 Å². The quantitative estimate of drug-likeness (QED) is 0.685. The summed E-state index contributed by atoms with van der Waals surface area (Å²) in [4.78, 5) is 5.23. The Labute approximate surface area is 85.6 Å². The first-order chi connectivity index (χ1) is 6.34. The van der Waals surface area contributed by atoms with Gasteiger partial charge in [-0.05, 0) is 6.42 Å². The summed E-state index contributed by atoms with van der Waals surface area (Å²) in [5, 5.41) is 0. The van der Waals surface area contributed by atoms with Gasteiger partial charge in [-0.3, -0.25) is 0 Å². The number of aromatic nitrogens is 1. The molecule has 0 aliphatic carbocycles. The van der Waals surface area contributed by atoms with E-state index in [9.17, 15) is 0 Å². The van der Waals surface area contributed by atoms with Crippen LogP contribution in [0.4, 0.5) is 0 Å². The zero-order valence-electron chi connectivity index (χ0n) is 7.01. The summed E-state index contributed by atoms with van der Waals surface area (Å²) in [6.07, 6.45) is 3.94. The normalized spacial score (nSPS) is 23.3. The van der Waals surface area contributed by atoms with Gasteiger partial charge in [-0.15, -0.1) is 11.3 Å². The van der Waals surface area contributed by atoms with E-state index in [0.717, 1.165) is 19.4 Å². The molecule has 3 N–H and O–H groups in total. The van der Waals surface area contributed by atoms with E-state index < -0.39 is 0 Å². The van der Waals surface area contributed by atoms with Gasteiger partial charge in [-0.1, -0.05) is 11.6 Å². The predicted molar refractivity (Wildman–Crippen MR) is 53.5 cm³/mol. The van der Waals surface area contributed by atoms with Crippen LogP contribution in [0.25, 0.3) is 0 Å². The molecule has 6 heteroatoms. The maximum absolute atomic E-state index is 5.74. The topological polar surface area (TPSA) is 49.0 Å². The number of hydrazine groups is 2. The van der Waals surface area contributed by atoms with Gasteiger partial charge in [-0.2, -0.15) is 5.53 Å². The second kappa shape index (κ2) is 4.34. The lowest BCUT2D eigenvalue weighted by atomic mass is 10.1. The number of halogens is 1. The fourth-order valence-electron chi connectivity index (χ4n) is 1.31. The fourth-order valence-corrected chi connectivity index (χ4v) is 2.37. The molecule has 1 aromatic rings. The van der Waals surface area contributed by atoms with Gasteiger partial charge in [0.15, 0.2) is 4.47 Å². The Morgan fingerprint density at radius 2 is 2.62 bits per heavy atom. The highest BCUT2D eigenvalue weighted by Crippen LogP contribution is 2.19. The molecular weight excluding hydrogens is 208 g/mol. The molecule has 1 aliphatic rings. The summed E-state index contributed by atoms with van der Waals surface area (Å²) in [5.74, 6) is 0. The number of thiazole rings is 1. The predicted octanol–water partition coefficient (Wildman–Crippen LogP) is 0.710. The summed E-state index contributed by atoms with van der Waals surface area (Å²) in [6.45, 7) is 0.990. The van der Waals surface area contributed by atoms with Gasteiger partial charge in [-0.25, -0.2) is 15.8 Å². The number of nitrogens with zero attached hydrogens (tertiary/aromatic N) is 1. The zero-order chi connectivity index (χ0) is 9.10. The lowest BCUT2D eigenvalue weighted by molar-refractivity contribution is 0.294. The Balaban J connectivity index is 1.89. The fraction of sp³-hybridized carbons (Fsp3) is 0.571. The number of nitrogens with one attached hydrogen (secondary N) is 3. The van der Waals surface area contributed by atoms with Crippen LogP contribution in [0.1, 0.15) is 11.3 Å². The maximum Gasteiger partial charge on any atom is 0.183 e. The van der Waals surface area contributed by atoms with Crippen molar-refractivity contribution in [3.05, 3.63) is 15.5 Å². The minimum atomic E-state index is 0.470. The lowest BCUT2D eigenvalue weighted by Crippen LogP contribution is -2.55. The van der Waals surface area contributed by atoms with Crippen LogP contribution in [0.15, 0.2) is 6.20 Å². The molecule has 13 heavy (non-hydrogen) atoms. The van der Waals surface area contributed by atoms with Crippen LogP contribution in [0.5, 0.6) is 0 Å². The molecule has 4 nitrogen and oxygen atoms in total. The molecule has 0 bridgehead atoms. The van der Waals surface area contributed by atoms with Crippen molar-refractivity contribution in [1.29, 1.82) is 0 Å². The molecular formula is C7H11ClN4S. The second-order valence-corrected chi connectivity index (χ2v) is 4.66. The number of hydrogen-bond acceptors (Lipinski definition) is 5. The summed E-state index contributed by atoms with van der Waals surface area (Å²) < 4.78 is 0.622. The first-order valence-electron chi connectivity index (χ1n) is 4.18. The van der Waals surface area contributed by atoms with E-state index in [1.807, 2.05) is 6.20 Å². The molecule has 72 valence electrons. The van der Waals surface area contributed by atoms with Crippen LogP contribution in [0, 0.1) is 0 Å². The zero-order valence-corrected chi connectivity index (χ0v) is 8.58. The van der Waals surface area contributed by atoms with Crippen molar-refractivity contribution in [2.45, 2.75) is 18.9 Å². The number of hydrogen-bond donors (Lipinski definition) is 3. The molecule has 0 saturated carbocycles. The molecule has 1 unspecified atom stereocenters. The molecule has 1 aliphatic heterocycles. The van der Waals surface area contributed by atoms with E-state index in [1.54, 1.807) is 11.3 Å². The third kappa shape index (κ3) is 2.62. The maximum atomic E-state index is 5.74. The Morgan fingerprint density at radius 1 is 1.69 bits per heavy atom. The summed E-state index contributed by atoms with van der Waals surface area (Å²) in [5.41, 5.74) is 9.07. The van der Waals surface area contributed by atoms with E-state index in [-0.39, 0.29) is 0 Å². The molecule has 2 heterocycles. The monoisotopic (exact) mass is 218 g/mol. The van der Waals surface area contributed by atoms with Gasteiger partial charge >= 0.3 is 0 Å². The summed E-state index contributed by atoms with van der Waals surface area (Å²) >= 11 is 7.28. The van der Waals surface area contributed by atoms with Crippen molar-refractivity contribution in [3.8, 4) is 0 Å². The average molecular weight is 219 g/mol. The van der Waals surface area contributed by atoms with Gasteiger partial charge in [0, 0.05) is 30.1 Å².